The Morgan fingerprint density at radius 1 is 1.47 bits per heavy atom. The highest BCUT2D eigenvalue weighted by Crippen LogP contribution is 2.13. The fourth-order valence-electron chi connectivity index (χ4n) is 1.32. The molecule has 0 spiro atoms. The Bertz CT molecular complexity index is 445. The van der Waals surface area contributed by atoms with Crippen LogP contribution in [0.15, 0.2) is 9.98 Å². The summed E-state index contributed by atoms with van der Waals surface area (Å²) < 4.78 is 13.0. The third kappa shape index (κ3) is 1.62. The first-order chi connectivity index (χ1) is 7.09. The lowest BCUT2D eigenvalue weighted by molar-refractivity contribution is 0.427. The van der Waals surface area contributed by atoms with E-state index in [0.717, 1.165) is 11.3 Å². The van der Waals surface area contributed by atoms with Gasteiger partial charge in [0, 0.05) is 11.3 Å². The fourth-order valence-corrected chi connectivity index (χ4v) is 1.32. The summed E-state index contributed by atoms with van der Waals surface area (Å²) in [5.74, 6) is 0.378. The second kappa shape index (κ2) is 3.45. The molecule has 15 heavy (non-hydrogen) atoms. The van der Waals surface area contributed by atoms with Gasteiger partial charge in [-0.1, -0.05) is 0 Å². The molecule has 1 unspecified atom stereocenters. The number of H-pyrrole nitrogens is 1. The standard InChI is InChI=1S/C9H12FN5/c1-4-5(2)14-15-7(4)9-12-3-6(10)8(11)13-9/h6H,3H2,1-2H3,(H,14,15)(H2,11,12,13). The van der Waals surface area contributed by atoms with Crippen molar-refractivity contribution in [2.45, 2.75) is 20.0 Å². The molecule has 0 fully saturated rings. The van der Waals surface area contributed by atoms with Crippen LogP contribution in [0.1, 0.15) is 17.0 Å². The lowest BCUT2D eigenvalue weighted by Gasteiger charge is -2.11. The summed E-state index contributed by atoms with van der Waals surface area (Å²) in [5, 5.41) is 6.88. The first-order valence-corrected chi connectivity index (χ1v) is 4.64. The maximum atomic E-state index is 13.0. The number of halogens is 1. The van der Waals surface area contributed by atoms with Crippen molar-refractivity contribution in [3.8, 4) is 0 Å². The van der Waals surface area contributed by atoms with Crippen molar-refractivity contribution in [3.05, 3.63) is 17.0 Å². The van der Waals surface area contributed by atoms with Crippen LogP contribution in [-0.2, 0) is 0 Å². The number of aromatic nitrogens is 2. The van der Waals surface area contributed by atoms with Crippen LogP contribution in [0.25, 0.3) is 0 Å². The van der Waals surface area contributed by atoms with E-state index in [0.29, 0.717) is 11.5 Å². The number of rotatable bonds is 1. The van der Waals surface area contributed by atoms with Crippen molar-refractivity contribution in [1.82, 2.24) is 10.2 Å². The Kier molecular flexibility index (Phi) is 2.26. The van der Waals surface area contributed by atoms with E-state index in [1.807, 2.05) is 13.8 Å². The molecule has 1 aromatic rings. The molecule has 0 saturated heterocycles. The Morgan fingerprint density at radius 3 is 2.73 bits per heavy atom. The molecule has 1 aliphatic rings. The lowest BCUT2D eigenvalue weighted by Crippen LogP contribution is -2.32. The summed E-state index contributed by atoms with van der Waals surface area (Å²) in [5.41, 5.74) is 7.97. The highest BCUT2D eigenvalue weighted by atomic mass is 19.1. The molecule has 1 aliphatic heterocycles. The number of alkyl halides is 1. The van der Waals surface area contributed by atoms with Crippen LogP contribution in [0.3, 0.4) is 0 Å². The molecule has 0 amide bonds. The summed E-state index contributed by atoms with van der Waals surface area (Å²) in [4.78, 5) is 7.89. The molecule has 0 bridgehead atoms. The summed E-state index contributed by atoms with van der Waals surface area (Å²) in [6.45, 7) is 3.83. The molecule has 0 saturated carbocycles. The summed E-state index contributed by atoms with van der Waals surface area (Å²) in [6.07, 6.45) is -1.27. The van der Waals surface area contributed by atoms with Gasteiger partial charge in [0.15, 0.2) is 12.0 Å². The number of nitrogens with zero attached hydrogens (tertiary/aromatic N) is 3. The molecule has 80 valence electrons. The van der Waals surface area contributed by atoms with Crippen molar-refractivity contribution in [2.75, 3.05) is 6.54 Å². The van der Waals surface area contributed by atoms with Gasteiger partial charge in [-0.2, -0.15) is 5.10 Å². The topological polar surface area (TPSA) is 79.4 Å². The van der Waals surface area contributed by atoms with Crippen LogP contribution >= 0.6 is 0 Å². The highest BCUT2D eigenvalue weighted by molar-refractivity contribution is 6.08. The molecule has 0 aliphatic carbocycles. The molecule has 0 aromatic carbocycles. The maximum Gasteiger partial charge on any atom is 0.177 e. The predicted octanol–water partition coefficient (Wildman–Crippen LogP) is 0.482. The third-order valence-corrected chi connectivity index (χ3v) is 2.42. The van der Waals surface area contributed by atoms with Gasteiger partial charge in [-0.15, -0.1) is 0 Å². The molecule has 6 heteroatoms. The van der Waals surface area contributed by atoms with E-state index in [4.69, 9.17) is 5.73 Å². The molecule has 3 N–H and O–H groups in total. The Balaban J connectivity index is 2.38. The number of nitrogens with two attached hydrogens (primary N) is 1. The molecule has 2 rings (SSSR count). The molecule has 2 heterocycles. The number of amidine groups is 2. The zero-order valence-corrected chi connectivity index (χ0v) is 8.58. The minimum atomic E-state index is -1.27. The highest BCUT2D eigenvalue weighted by Gasteiger charge is 2.20. The van der Waals surface area contributed by atoms with E-state index < -0.39 is 6.17 Å². The zero-order valence-electron chi connectivity index (χ0n) is 8.58. The lowest BCUT2D eigenvalue weighted by atomic mass is 10.2. The molecule has 0 radical (unpaired) electrons. The van der Waals surface area contributed by atoms with Gasteiger partial charge < -0.3 is 5.73 Å². The Hall–Kier alpha value is -1.72. The minimum absolute atomic E-state index is 0.0238. The number of nitrogens with one attached hydrogen (secondary N) is 1. The number of aliphatic imine (C=N–C) groups is 2. The summed E-state index contributed by atoms with van der Waals surface area (Å²) >= 11 is 0. The van der Waals surface area contributed by atoms with Crippen molar-refractivity contribution in [3.63, 3.8) is 0 Å². The van der Waals surface area contributed by atoms with E-state index in [1.165, 1.54) is 0 Å². The van der Waals surface area contributed by atoms with Crippen LogP contribution in [0.2, 0.25) is 0 Å². The van der Waals surface area contributed by atoms with Gasteiger partial charge in [0.1, 0.15) is 11.5 Å². The zero-order chi connectivity index (χ0) is 11.0. The van der Waals surface area contributed by atoms with E-state index in [9.17, 15) is 4.39 Å². The smallest absolute Gasteiger partial charge is 0.177 e. The first kappa shape index (κ1) is 9.82. The summed E-state index contributed by atoms with van der Waals surface area (Å²) in [7, 11) is 0. The molecular weight excluding hydrogens is 197 g/mol. The van der Waals surface area contributed by atoms with Crippen molar-refractivity contribution >= 4 is 11.7 Å². The second-order valence-electron chi connectivity index (χ2n) is 3.49. The Morgan fingerprint density at radius 2 is 2.20 bits per heavy atom. The van der Waals surface area contributed by atoms with Crippen LogP contribution in [-0.4, -0.2) is 34.6 Å². The second-order valence-corrected chi connectivity index (χ2v) is 3.49. The normalized spacial score (nSPS) is 21.1. The van der Waals surface area contributed by atoms with Crippen LogP contribution in [0.4, 0.5) is 4.39 Å². The van der Waals surface area contributed by atoms with Crippen LogP contribution < -0.4 is 5.73 Å². The average Bonchev–Trinajstić information content (AvgIpc) is 2.53. The first-order valence-electron chi connectivity index (χ1n) is 4.64. The van der Waals surface area contributed by atoms with Gasteiger partial charge in [0.05, 0.1) is 6.54 Å². The third-order valence-electron chi connectivity index (χ3n) is 2.42. The van der Waals surface area contributed by atoms with Gasteiger partial charge in [0.2, 0.25) is 0 Å². The van der Waals surface area contributed by atoms with Crippen molar-refractivity contribution < 1.29 is 4.39 Å². The molecule has 1 aromatic heterocycles. The van der Waals surface area contributed by atoms with Crippen LogP contribution in [0, 0.1) is 13.8 Å². The van der Waals surface area contributed by atoms with Gasteiger partial charge in [0.25, 0.3) is 0 Å². The van der Waals surface area contributed by atoms with Crippen molar-refractivity contribution in [2.24, 2.45) is 15.7 Å². The quantitative estimate of drug-likeness (QED) is 0.705. The van der Waals surface area contributed by atoms with Crippen LogP contribution in [0.5, 0.6) is 0 Å². The molecular formula is C9H12FN5. The molecule has 1 atom stereocenters. The minimum Gasteiger partial charge on any atom is -0.385 e. The SMILES string of the molecule is Cc1[nH]nc(C2=NCC(F)C(N)=N2)c1C. The Labute approximate surface area is 86.3 Å². The molecule has 5 nitrogen and oxygen atoms in total. The van der Waals surface area contributed by atoms with Gasteiger partial charge in [-0.3, -0.25) is 10.1 Å². The van der Waals surface area contributed by atoms with E-state index in [1.54, 1.807) is 0 Å². The predicted molar refractivity (Wildman–Crippen MR) is 56.0 cm³/mol. The van der Waals surface area contributed by atoms with E-state index in [-0.39, 0.29) is 12.4 Å². The van der Waals surface area contributed by atoms with Gasteiger partial charge >= 0.3 is 0 Å². The number of aryl methyl sites for hydroxylation is 1. The average molecular weight is 209 g/mol. The number of aromatic amines is 1. The maximum absolute atomic E-state index is 13.0. The van der Waals surface area contributed by atoms with E-state index >= 15 is 0 Å². The summed E-state index contributed by atoms with van der Waals surface area (Å²) in [6, 6.07) is 0. The number of hydrogen-bond donors (Lipinski definition) is 2. The van der Waals surface area contributed by atoms with Gasteiger partial charge in [-0.05, 0) is 13.8 Å². The van der Waals surface area contributed by atoms with Gasteiger partial charge in [-0.25, -0.2) is 9.38 Å². The van der Waals surface area contributed by atoms with Crippen molar-refractivity contribution in [1.29, 1.82) is 0 Å². The fraction of sp³-hybridized carbons (Fsp3) is 0.444. The van der Waals surface area contributed by atoms with E-state index in [2.05, 4.69) is 20.2 Å². The largest absolute Gasteiger partial charge is 0.385 e. The monoisotopic (exact) mass is 209 g/mol. The number of hydrogen-bond acceptors (Lipinski definition) is 4.